The van der Waals surface area contributed by atoms with Crippen LogP contribution < -0.4 is 11.1 Å². The van der Waals surface area contributed by atoms with Crippen molar-refractivity contribution in [3.8, 4) is 0 Å². The van der Waals surface area contributed by atoms with Gasteiger partial charge in [-0.05, 0) is 36.6 Å². The summed E-state index contributed by atoms with van der Waals surface area (Å²) in [5, 5.41) is 4.78. The quantitative estimate of drug-likeness (QED) is 0.837. The molecule has 5 heteroatoms. The van der Waals surface area contributed by atoms with Crippen molar-refractivity contribution in [1.29, 1.82) is 0 Å². The van der Waals surface area contributed by atoms with Gasteiger partial charge in [0.1, 0.15) is 5.82 Å². The normalized spacial score (nSPS) is 12.1. The van der Waals surface area contributed by atoms with E-state index in [1.165, 1.54) is 12.1 Å². The molecule has 1 amide bonds. The molecule has 1 heterocycles. The number of carbonyl (C=O) groups excluding carboxylic acids is 1. The number of hydrogen-bond acceptors (Lipinski definition) is 3. The van der Waals surface area contributed by atoms with Crippen molar-refractivity contribution in [2.24, 2.45) is 0 Å². The maximum Gasteiger partial charge on any atom is 0.253 e. The van der Waals surface area contributed by atoms with Gasteiger partial charge in [-0.25, -0.2) is 4.39 Å². The van der Waals surface area contributed by atoms with Crippen molar-refractivity contribution in [2.75, 3.05) is 5.73 Å². The molecule has 3 N–H and O–H groups in total. The van der Waals surface area contributed by atoms with Crippen LogP contribution in [0.4, 0.5) is 10.1 Å². The van der Waals surface area contributed by atoms with Gasteiger partial charge in [0.2, 0.25) is 0 Å². The molecule has 0 aliphatic carbocycles. The van der Waals surface area contributed by atoms with Gasteiger partial charge in [-0.1, -0.05) is 6.07 Å². The highest BCUT2D eigenvalue weighted by Gasteiger charge is 2.14. The van der Waals surface area contributed by atoms with E-state index in [9.17, 15) is 9.18 Å². The number of halogens is 1. The van der Waals surface area contributed by atoms with E-state index in [0.717, 1.165) is 10.9 Å². The van der Waals surface area contributed by atoms with E-state index in [1.807, 2.05) is 24.4 Å². The fourth-order valence-corrected chi connectivity index (χ4v) is 2.36. The van der Waals surface area contributed by atoms with Crippen LogP contribution in [0, 0.1) is 5.82 Å². The maximum absolute atomic E-state index is 12.9. The van der Waals surface area contributed by atoms with Gasteiger partial charge in [-0.15, -0.1) is 11.3 Å². The molecule has 0 spiro atoms. The largest absolute Gasteiger partial charge is 0.398 e. The third kappa shape index (κ3) is 2.68. The number of amides is 1. The van der Waals surface area contributed by atoms with E-state index in [2.05, 4.69) is 5.32 Å². The fourth-order valence-electron chi connectivity index (χ4n) is 1.62. The van der Waals surface area contributed by atoms with Gasteiger partial charge in [0, 0.05) is 10.6 Å². The zero-order valence-corrected chi connectivity index (χ0v) is 10.6. The second-order valence-electron chi connectivity index (χ2n) is 3.94. The summed E-state index contributed by atoms with van der Waals surface area (Å²) in [4.78, 5) is 13.0. The monoisotopic (exact) mass is 264 g/mol. The number of nitrogens with two attached hydrogens (primary N) is 1. The lowest BCUT2D eigenvalue weighted by atomic mass is 10.1. The minimum atomic E-state index is -0.449. The third-order valence-corrected chi connectivity index (χ3v) is 3.63. The Bertz CT molecular complexity index is 554. The summed E-state index contributed by atoms with van der Waals surface area (Å²) in [5.41, 5.74) is 6.05. The highest BCUT2D eigenvalue weighted by atomic mass is 32.1. The number of nitrogens with one attached hydrogen (secondary N) is 1. The first-order valence-electron chi connectivity index (χ1n) is 5.47. The first-order valence-corrected chi connectivity index (χ1v) is 6.35. The lowest BCUT2D eigenvalue weighted by molar-refractivity contribution is 0.0941. The molecule has 0 saturated carbocycles. The highest BCUT2D eigenvalue weighted by Crippen LogP contribution is 2.20. The van der Waals surface area contributed by atoms with Crippen molar-refractivity contribution in [3.05, 3.63) is 52.0 Å². The maximum atomic E-state index is 12.9. The molecule has 18 heavy (non-hydrogen) atoms. The smallest absolute Gasteiger partial charge is 0.253 e. The second-order valence-corrected chi connectivity index (χ2v) is 4.92. The molecule has 3 nitrogen and oxygen atoms in total. The summed E-state index contributed by atoms with van der Waals surface area (Å²) in [6.07, 6.45) is 0. The number of benzene rings is 1. The molecule has 0 fully saturated rings. The molecular formula is C13H13FN2OS. The number of rotatable bonds is 3. The minimum Gasteiger partial charge on any atom is -0.398 e. The lowest BCUT2D eigenvalue weighted by Gasteiger charge is -2.13. The summed E-state index contributed by atoms with van der Waals surface area (Å²) in [6.45, 7) is 1.89. The summed E-state index contributed by atoms with van der Waals surface area (Å²) >= 11 is 1.57. The van der Waals surface area contributed by atoms with Crippen LogP contribution in [0.3, 0.4) is 0 Å². The van der Waals surface area contributed by atoms with E-state index < -0.39 is 5.82 Å². The zero-order valence-electron chi connectivity index (χ0n) is 9.81. The molecule has 1 aromatic carbocycles. The SMILES string of the molecule is C[C@@H](NC(=O)c1ccc(F)cc1N)c1cccs1. The number of thiophene rings is 1. The Morgan fingerprint density at radius 1 is 1.44 bits per heavy atom. The summed E-state index contributed by atoms with van der Waals surface area (Å²) < 4.78 is 12.9. The molecule has 0 bridgehead atoms. The highest BCUT2D eigenvalue weighted by molar-refractivity contribution is 7.10. The van der Waals surface area contributed by atoms with Gasteiger partial charge in [0.15, 0.2) is 0 Å². The number of anilines is 1. The molecule has 0 aliphatic heterocycles. The number of carbonyl (C=O) groups is 1. The zero-order chi connectivity index (χ0) is 13.1. The van der Waals surface area contributed by atoms with Crippen LogP contribution >= 0.6 is 11.3 Å². The molecule has 0 aliphatic rings. The summed E-state index contributed by atoms with van der Waals surface area (Å²) in [6, 6.07) is 7.54. The van der Waals surface area contributed by atoms with E-state index >= 15 is 0 Å². The topological polar surface area (TPSA) is 55.1 Å². The van der Waals surface area contributed by atoms with Gasteiger partial charge >= 0.3 is 0 Å². The van der Waals surface area contributed by atoms with Crippen LogP contribution in [0.25, 0.3) is 0 Å². The molecule has 1 atom stereocenters. The fraction of sp³-hybridized carbons (Fsp3) is 0.154. The Labute approximate surface area is 108 Å². The van der Waals surface area contributed by atoms with Crippen LogP contribution in [0.5, 0.6) is 0 Å². The molecular weight excluding hydrogens is 251 g/mol. The first kappa shape index (κ1) is 12.6. The van der Waals surface area contributed by atoms with Crippen molar-refractivity contribution < 1.29 is 9.18 Å². The Hall–Kier alpha value is -1.88. The van der Waals surface area contributed by atoms with Crippen LogP contribution in [0.1, 0.15) is 28.2 Å². The predicted octanol–water partition coefficient (Wildman–Crippen LogP) is 2.96. The predicted molar refractivity (Wildman–Crippen MR) is 71.0 cm³/mol. The number of hydrogen-bond donors (Lipinski definition) is 2. The Morgan fingerprint density at radius 3 is 2.83 bits per heavy atom. The Kier molecular flexibility index (Phi) is 3.62. The van der Waals surface area contributed by atoms with Gasteiger partial charge in [-0.2, -0.15) is 0 Å². The average Bonchev–Trinajstić information content (AvgIpc) is 2.81. The van der Waals surface area contributed by atoms with Crippen LogP contribution in [-0.2, 0) is 0 Å². The average molecular weight is 264 g/mol. The minimum absolute atomic E-state index is 0.0954. The van der Waals surface area contributed by atoms with E-state index in [0.29, 0.717) is 5.56 Å². The summed E-state index contributed by atoms with van der Waals surface area (Å²) in [7, 11) is 0. The molecule has 1 aromatic heterocycles. The van der Waals surface area contributed by atoms with E-state index in [1.54, 1.807) is 11.3 Å². The van der Waals surface area contributed by atoms with Gasteiger partial charge in [0.05, 0.1) is 11.6 Å². The van der Waals surface area contributed by atoms with E-state index in [-0.39, 0.29) is 17.6 Å². The molecule has 2 rings (SSSR count). The lowest BCUT2D eigenvalue weighted by Crippen LogP contribution is -2.26. The Balaban J connectivity index is 2.12. The van der Waals surface area contributed by atoms with Crippen molar-refractivity contribution in [1.82, 2.24) is 5.32 Å². The van der Waals surface area contributed by atoms with Crippen molar-refractivity contribution in [3.63, 3.8) is 0 Å². The number of nitrogen functional groups attached to an aromatic ring is 1. The molecule has 94 valence electrons. The second kappa shape index (κ2) is 5.18. The molecule has 0 unspecified atom stereocenters. The van der Waals surface area contributed by atoms with Crippen LogP contribution in [0.2, 0.25) is 0 Å². The van der Waals surface area contributed by atoms with Crippen molar-refractivity contribution in [2.45, 2.75) is 13.0 Å². The summed E-state index contributed by atoms with van der Waals surface area (Å²) in [5.74, 6) is -0.747. The van der Waals surface area contributed by atoms with Gasteiger partial charge in [-0.3, -0.25) is 4.79 Å². The molecule has 0 radical (unpaired) electrons. The third-order valence-electron chi connectivity index (χ3n) is 2.58. The molecule has 2 aromatic rings. The standard InChI is InChI=1S/C13H13FN2OS/c1-8(12-3-2-6-18-12)16-13(17)10-5-4-9(14)7-11(10)15/h2-8H,15H2,1H3,(H,16,17)/t8-/m1/s1. The van der Waals surface area contributed by atoms with Crippen LogP contribution in [0.15, 0.2) is 35.7 Å². The van der Waals surface area contributed by atoms with E-state index in [4.69, 9.17) is 5.73 Å². The van der Waals surface area contributed by atoms with Crippen LogP contribution in [-0.4, -0.2) is 5.91 Å². The van der Waals surface area contributed by atoms with Gasteiger partial charge in [0.25, 0.3) is 5.91 Å². The first-order chi connectivity index (χ1) is 8.58. The molecule has 0 saturated heterocycles. The Morgan fingerprint density at radius 2 is 2.22 bits per heavy atom. The van der Waals surface area contributed by atoms with Crippen molar-refractivity contribution >= 4 is 22.9 Å². The van der Waals surface area contributed by atoms with Gasteiger partial charge < -0.3 is 11.1 Å².